The molecule has 0 radical (unpaired) electrons. The number of rotatable bonds is 0. The maximum Gasteiger partial charge on any atom is 2.00 e. The van der Waals surface area contributed by atoms with E-state index in [-0.39, 0.29) is 19.5 Å². The molecule has 60 valence electrons. The minimum Gasteiger partial charge on any atom is -0.345 e. The van der Waals surface area contributed by atoms with Crippen molar-refractivity contribution in [3.63, 3.8) is 0 Å². The molecule has 0 spiro atoms. The SMILES string of the molecule is FC(F)=[C-]Cl.FC(F)=[C-]Cl.[Zn+2]. The smallest absolute Gasteiger partial charge is 0.345 e. The van der Waals surface area contributed by atoms with E-state index in [1.54, 1.807) is 0 Å². The van der Waals surface area contributed by atoms with Crippen LogP contribution >= 0.6 is 23.2 Å². The van der Waals surface area contributed by atoms with Crippen molar-refractivity contribution in [2.45, 2.75) is 0 Å². The minimum atomic E-state index is -1.98. The summed E-state index contributed by atoms with van der Waals surface area (Å²) in [6.45, 7) is 0. The Morgan fingerprint density at radius 1 is 0.818 bits per heavy atom. The molecule has 0 aliphatic rings. The van der Waals surface area contributed by atoms with E-state index >= 15 is 0 Å². The first-order valence-electron chi connectivity index (χ1n) is 1.63. The van der Waals surface area contributed by atoms with Crippen LogP contribution in [0.5, 0.6) is 0 Å². The molecule has 0 unspecified atom stereocenters. The van der Waals surface area contributed by atoms with E-state index in [4.69, 9.17) is 0 Å². The topological polar surface area (TPSA) is 0 Å². The Labute approximate surface area is 83.6 Å². The van der Waals surface area contributed by atoms with Gasteiger partial charge in [-0.25, -0.2) is 17.6 Å². The summed E-state index contributed by atoms with van der Waals surface area (Å²) in [5, 5.41) is 0. The van der Waals surface area contributed by atoms with Gasteiger partial charge in [-0.3, -0.25) is 0 Å². The standard InChI is InChI=1S/2C2ClF2.Zn/c2*3-1-2(4)5;/q2*-1;+2. The van der Waals surface area contributed by atoms with Crippen LogP contribution in [-0.4, -0.2) is 0 Å². The van der Waals surface area contributed by atoms with Crippen LogP contribution in [0.3, 0.4) is 0 Å². The zero-order chi connectivity index (χ0) is 8.57. The predicted molar refractivity (Wildman–Crippen MR) is 29.6 cm³/mol. The molecule has 0 saturated heterocycles. The van der Waals surface area contributed by atoms with Crippen molar-refractivity contribution >= 4 is 23.2 Å². The average Bonchev–Trinajstić information content (AvgIpc) is 1.89. The Kier molecular flexibility index (Phi) is 20.7. The molecule has 0 rings (SSSR count). The molecule has 0 aliphatic heterocycles. The van der Waals surface area contributed by atoms with E-state index in [2.05, 4.69) is 23.2 Å². The Morgan fingerprint density at radius 3 is 0.909 bits per heavy atom. The van der Waals surface area contributed by atoms with Gasteiger partial charge in [0.05, 0.1) is 0 Å². The Bertz CT molecular complexity index is 112. The molecule has 0 bridgehead atoms. The van der Waals surface area contributed by atoms with Crippen molar-refractivity contribution in [3.8, 4) is 0 Å². The Hall–Kier alpha value is 0.403. The van der Waals surface area contributed by atoms with Gasteiger partial charge in [-0.15, -0.1) is 0 Å². The van der Waals surface area contributed by atoms with Crippen LogP contribution in [-0.2, 0) is 19.5 Å². The average molecular weight is 260 g/mol. The molecular weight excluding hydrogens is 260 g/mol. The van der Waals surface area contributed by atoms with Gasteiger partial charge in [-0.05, 0) is 0 Å². The molecule has 0 aromatic carbocycles. The first kappa shape index (κ1) is 17.5. The second-order valence-corrected chi connectivity index (χ2v) is 1.09. The summed E-state index contributed by atoms with van der Waals surface area (Å²) in [5.74, 6) is 0. The second kappa shape index (κ2) is 13.0. The third-order valence-corrected chi connectivity index (χ3v) is 0.429. The monoisotopic (exact) mass is 258 g/mol. The van der Waals surface area contributed by atoms with E-state index in [1.807, 2.05) is 0 Å². The molecule has 0 N–H and O–H groups in total. The van der Waals surface area contributed by atoms with E-state index in [0.717, 1.165) is 11.1 Å². The van der Waals surface area contributed by atoms with E-state index in [0.29, 0.717) is 0 Å². The molecule has 0 aromatic rings. The fourth-order valence-corrected chi connectivity index (χ4v) is 0. The van der Waals surface area contributed by atoms with Gasteiger partial charge in [0.25, 0.3) is 0 Å². The molecule has 0 aliphatic carbocycles. The second-order valence-electron chi connectivity index (χ2n) is 0.710. The molecule has 0 amide bonds. The van der Waals surface area contributed by atoms with Crippen molar-refractivity contribution in [2.75, 3.05) is 0 Å². The van der Waals surface area contributed by atoms with Gasteiger partial charge in [0, 0.05) is 0 Å². The Morgan fingerprint density at radius 2 is 0.909 bits per heavy atom. The van der Waals surface area contributed by atoms with Crippen LogP contribution in [0.1, 0.15) is 0 Å². The van der Waals surface area contributed by atoms with Crippen molar-refractivity contribution in [1.29, 1.82) is 0 Å². The zero-order valence-corrected chi connectivity index (χ0v) is 9.45. The maximum atomic E-state index is 10.4. The van der Waals surface area contributed by atoms with E-state index < -0.39 is 12.2 Å². The number of halogens is 6. The van der Waals surface area contributed by atoms with Crippen LogP contribution in [0.25, 0.3) is 0 Å². The molecule has 7 heteroatoms. The van der Waals surface area contributed by atoms with Gasteiger partial charge in [-0.1, -0.05) is 0 Å². The summed E-state index contributed by atoms with van der Waals surface area (Å²) in [6, 6.07) is 0. The summed E-state index contributed by atoms with van der Waals surface area (Å²) in [6.07, 6.45) is -3.96. The molecule has 0 atom stereocenters. The molecule has 11 heavy (non-hydrogen) atoms. The largest absolute Gasteiger partial charge is 2.00 e. The molecular formula is C4Cl2F4Zn. The fourth-order valence-electron chi connectivity index (χ4n) is 0. The van der Waals surface area contributed by atoms with E-state index in [1.165, 1.54) is 0 Å². The van der Waals surface area contributed by atoms with Gasteiger partial charge in [0.1, 0.15) is 12.2 Å². The maximum absolute atomic E-state index is 10.4. The third kappa shape index (κ3) is 37.9. The third-order valence-electron chi connectivity index (χ3n) is 0.143. The summed E-state index contributed by atoms with van der Waals surface area (Å²) < 4.78 is 41.8. The Balaban J connectivity index is -0.000000107. The van der Waals surface area contributed by atoms with Crippen molar-refractivity contribution in [2.24, 2.45) is 0 Å². The van der Waals surface area contributed by atoms with Gasteiger partial charge >= 0.3 is 19.5 Å². The molecule has 0 aromatic heterocycles. The van der Waals surface area contributed by atoms with Crippen LogP contribution in [0.4, 0.5) is 17.6 Å². The summed E-state index contributed by atoms with van der Waals surface area (Å²) >= 11 is 8.60. The number of hydrogen-bond donors (Lipinski definition) is 0. The zero-order valence-electron chi connectivity index (χ0n) is 4.97. The normalized spacial score (nSPS) is 6.36. The molecule has 0 fully saturated rings. The molecule has 0 heterocycles. The van der Waals surface area contributed by atoms with E-state index in [9.17, 15) is 17.6 Å². The van der Waals surface area contributed by atoms with Crippen LogP contribution in [0.2, 0.25) is 0 Å². The van der Waals surface area contributed by atoms with Crippen LogP contribution in [0, 0.1) is 11.1 Å². The summed E-state index contributed by atoms with van der Waals surface area (Å²) in [7, 11) is 0. The van der Waals surface area contributed by atoms with Crippen molar-refractivity contribution in [1.82, 2.24) is 0 Å². The minimum absolute atomic E-state index is 0. The molecule has 0 saturated carbocycles. The molecule has 0 nitrogen and oxygen atoms in total. The van der Waals surface area contributed by atoms with Gasteiger partial charge < -0.3 is 34.3 Å². The van der Waals surface area contributed by atoms with Gasteiger partial charge in [-0.2, -0.15) is 0 Å². The fraction of sp³-hybridized carbons (Fsp3) is 0. The van der Waals surface area contributed by atoms with Gasteiger partial charge in [0.2, 0.25) is 0 Å². The number of hydrogen-bond acceptors (Lipinski definition) is 0. The predicted octanol–water partition coefficient (Wildman–Crippen LogP) is 3.53. The van der Waals surface area contributed by atoms with Crippen LogP contribution in [0.15, 0.2) is 12.2 Å². The first-order valence-corrected chi connectivity index (χ1v) is 2.39. The first-order chi connectivity index (χ1) is 4.54. The quantitative estimate of drug-likeness (QED) is 0.355. The van der Waals surface area contributed by atoms with Crippen LogP contribution < -0.4 is 0 Å². The summed E-state index contributed by atoms with van der Waals surface area (Å²) in [4.78, 5) is 0. The van der Waals surface area contributed by atoms with Crippen molar-refractivity contribution < 1.29 is 37.0 Å². The van der Waals surface area contributed by atoms with Crippen molar-refractivity contribution in [3.05, 3.63) is 23.2 Å². The van der Waals surface area contributed by atoms with Gasteiger partial charge in [0.15, 0.2) is 0 Å². The summed E-state index contributed by atoms with van der Waals surface area (Å²) in [5.41, 5.74) is 2.17.